The molecule has 0 atom stereocenters. The average molecular weight is 339 g/mol. The van der Waals surface area contributed by atoms with Gasteiger partial charge < -0.3 is 9.80 Å². The van der Waals surface area contributed by atoms with E-state index in [1.165, 1.54) is 0 Å². The zero-order chi connectivity index (χ0) is 15.1. The fraction of sp³-hybridized carbons (Fsp3) is 0.467. The Hall–Kier alpha value is -1.36. The summed E-state index contributed by atoms with van der Waals surface area (Å²) in [5.41, 5.74) is 0.829. The van der Waals surface area contributed by atoms with E-state index in [0.29, 0.717) is 18.7 Å². The summed E-state index contributed by atoms with van der Waals surface area (Å²) in [5.74, 6) is -0.113. The minimum atomic E-state index is -0.801. The lowest BCUT2D eigenvalue weighted by Gasteiger charge is -2.44. The molecule has 2 rings (SSSR count). The van der Waals surface area contributed by atoms with Crippen LogP contribution in [-0.4, -0.2) is 47.3 Å². The molecule has 0 aromatic heterocycles. The van der Waals surface area contributed by atoms with Crippen molar-refractivity contribution < 1.29 is 9.59 Å². The second kappa shape index (κ2) is 5.20. The van der Waals surface area contributed by atoms with E-state index in [1.54, 1.807) is 36.8 Å². The van der Waals surface area contributed by atoms with E-state index in [4.69, 9.17) is 0 Å². The van der Waals surface area contributed by atoms with Gasteiger partial charge in [0, 0.05) is 30.2 Å². The van der Waals surface area contributed by atoms with Gasteiger partial charge in [-0.2, -0.15) is 0 Å². The Bertz CT molecular complexity index is 569. The van der Waals surface area contributed by atoms with Crippen LogP contribution < -0.4 is 0 Å². The second-order valence-corrected chi connectivity index (χ2v) is 6.56. The molecule has 2 amide bonds. The van der Waals surface area contributed by atoms with Gasteiger partial charge in [0.2, 0.25) is 5.91 Å². The minimum absolute atomic E-state index is 0.0223. The van der Waals surface area contributed by atoms with Crippen LogP contribution in [0.25, 0.3) is 0 Å². The number of likely N-dealkylation sites (N-methyl/N-ethyl adjacent to an activating group) is 1. The first-order chi connectivity index (χ1) is 9.25. The van der Waals surface area contributed by atoms with Crippen molar-refractivity contribution in [1.29, 1.82) is 0 Å². The molecule has 0 bridgehead atoms. The summed E-state index contributed by atoms with van der Waals surface area (Å²) in [6.07, 6.45) is 0. The Labute approximate surface area is 127 Å². The summed E-state index contributed by atoms with van der Waals surface area (Å²) < 4.78 is 0.975. The predicted octanol–water partition coefficient (Wildman–Crippen LogP) is 2.45. The second-order valence-electron chi connectivity index (χ2n) is 5.71. The molecule has 1 aromatic rings. The van der Waals surface area contributed by atoms with E-state index in [0.717, 1.165) is 10.0 Å². The molecule has 0 N–H and O–H groups in total. The molecule has 108 valence electrons. The highest BCUT2D eigenvalue weighted by Gasteiger charge is 2.43. The monoisotopic (exact) mass is 338 g/mol. The standard InChI is InChI=1S/C15H19BrN2O2/c1-10-9-11(5-6-12(10)16)13(19)18-8-7-17(4)14(20)15(18,2)3/h5-6,9H,7-8H2,1-4H3. The van der Waals surface area contributed by atoms with Crippen molar-refractivity contribution >= 4 is 27.7 Å². The first-order valence-corrected chi connectivity index (χ1v) is 7.38. The zero-order valence-electron chi connectivity index (χ0n) is 12.2. The quantitative estimate of drug-likeness (QED) is 0.789. The lowest BCUT2D eigenvalue weighted by Crippen LogP contribution is -2.63. The molecule has 0 saturated carbocycles. The van der Waals surface area contributed by atoms with Crippen molar-refractivity contribution in [2.24, 2.45) is 0 Å². The van der Waals surface area contributed by atoms with Crippen molar-refractivity contribution in [3.05, 3.63) is 33.8 Å². The number of hydrogen-bond donors (Lipinski definition) is 0. The molecule has 20 heavy (non-hydrogen) atoms. The van der Waals surface area contributed by atoms with Crippen molar-refractivity contribution in [2.45, 2.75) is 26.3 Å². The summed E-state index contributed by atoms with van der Waals surface area (Å²) >= 11 is 3.43. The Morgan fingerprint density at radius 1 is 1.30 bits per heavy atom. The van der Waals surface area contributed by atoms with Gasteiger partial charge >= 0.3 is 0 Å². The molecule has 0 radical (unpaired) electrons. The van der Waals surface area contributed by atoms with E-state index >= 15 is 0 Å². The molecule has 1 fully saturated rings. The van der Waals surface area contributed by atoms with Crippen LogP contribution in [0.15, 0.2) is 22.7 Å². The summed E-state index contributed by atoms with van der Waals surface area (Å²) in [6, 6.07) is 5.51. The van der Waals surface area contributed by atoms with Crippen LogP contribution >= 0.6 is 15.9 Å². The first kappa shape index (κ1) is 15.0. The van der Waals surface area contributed by atoms with Crippen molar-refractivity contribution in [3.8, 4) is 0 Å². The van der Waals surface area contributed by atoms with Crippen LogP contribution in [0.1, 0.15) is 29.8 Å². The number of rotatable bonds is 1. The normalized spacial score (nSPS) is 18.4. The van der Waals surface area contributed by atoms with Crippen LogP contribution in [0.2, 0.25) is 0 Å². The van der Waals surface area contributed by atoms with Gasteiger partial charge in [0.05, 0.1) is 0 Å². The summed E-state index contributed by atoms with van der Waals surface area (Å²) in [6.45, 7) is 6.68. The Morgan fingerprint density at radius 2 is 1.95 bits per heavy atom. The summed E-state index contributed by atoms with van der Waals surface area (Å²) in [5, 5.41) is 0. The van der Waals surface area contributed by atoms with E-state index in [1.807, 2.05) is 19.1 Å². The van der Waals surface area contributed by atoms with E-state index in [9.17, 15) is 9.59 Å². The topological polar surface area (TPSA) is 40.6 Å². The highest BCUT2D eigenvalue weighted by molar-refractivity contribution is 9.10. The number of nitrogens with zero attached hydrogens (tertiary/aromatic N) is 2. The van der Waals surface area contributed by atoms with Gasteiger partial charge in [-0.25, -0.2) is 0 Å². The van der Waals surface area contributed by atoms with Crippen molar-refractivity contribution in [3.63, 3.8) is 0 Å². The van der Waals surface area contributed by atoms with Gasteiger partial charge in [0.15, 0.2) is 0 Å². The molecule has 0 unspecified atom stereocenters. The third-order valence-corrected chi connectivity index (χ3v) is 4.74. The Kier molecular flexibility index (Phi) is 3.91. The number of piperazine rings is 1. The van der Waals surface area contributed by atoms with Gasteiger partial charge in [-0.1, -0.05) is 15.9 Å². The molecule has 1 aliphatic heterocycles. The highest BCUT2D eigenvalue weighted by atomic mass is 79.9. The van der Waals surface area contributed by atoms with Crippen LogP contribution in [-0.2, 0) is 4.79 Å². The third-order valence-electron chi connectivity index (χ3n) is 3.85. The molecule has 1 heterocycles. The molecular weight excluding hydrogens is 320 g/mol. The largest absolute Gasteiger partial charge is 0.342 e. The zero-order valence-corrected chi connectivity index (χ0v) is 13.8. The van der Waals surface area contributed by atoms with Gasteiger partial charge in [-0.05, 0) is 44.5 Å². The first-order valence-electron chi connectivity index (χ1n) is 6.59. The minimum Gasteiger partial charge on any atom is -0.342 e. The lowest BCUT2D eigenvalue weighted by molar-refractivity contribution is -0.144. The van der Waals surface area contributed by atoms with Gasteiger partial charge in [0.1, 0.15) is 5.54 Å². The molecule has 5 heteroatoms. The van der Waals surface area contributed by atoms with Gasteiger partial charge in [-0.3, -0.25) is 9.59 Å². The molecule has 1 aromatic carbocycles. The number of halogens is 1. The van der Waals surface area contributed by atoms with Gasteiger partial charge in [-0.15, -0.1) is 0 Å². The van der Waals surface area contributed by atoms with Crippen LogP contribution in [0.3, 0.4) is 0 Å². The van der Waals surface area contributed by atoms with E-state index in [-0.39, 0.29) is 11.8 Å². The maximum Gasteiger partial charge on any atom is 0.254 e. The number of amides is 2. The number of carbonyl (C=O) groups excluding carboxylic acids is 2. The number of hydrogen-bond acceptors (Lipinski definition) is 2. The van der Waals surface area contributed by atoms with Crippen molar-refractivity contribution in [1.82, 2.24) is 9.80 Å². The molecule has 4 nitrogen and oxygen atoms in total. The Balaban J connectivity index is 2.33. The van der Waals surface area contributed by atoms with Gasteiger partial charge in [0.25, 0.3) is 5.91 Å². The number of benzene rings is 1. The Morgan fingerprint density at radius 3 is 2.55 bits per heavy atom. The predicted molar refractivity (Wildman–Crippen MR) is 81.6 cm³/mol. The average Bonchev–Trinajstić information content (AvgIpc) is 2.39. The lowest BCUT2D eigenvalue weighted by atomic mass is 9.96. The van der Waals surface area contributed by atoms with E-state index < -0.39 is 5.54 Å². The fourth-order valence-corrected chi connectivity index (χ4v) is 2.75. The molecular formula is C15H19BrN2O2. The van der Waals surface area contributed by atoms with Crippen LogP contribution in [0.4, 0.5) is 0 Å². The highest BCUT2D eigenvalue weighted by Crippen LogP contribution is 2.25. The van der Waals surface area contributed by atoms with E-state index in [2.05, 4.69) is 15.9 Å². The fourth-order valence-electron chi connectivity index (χ4n) is 2.50. The number of carbonyl (C=O) groups is 2. The molecule has 0 spiro atoms. The molecule has 0 aliphatic carbocycles. The maximum atomic E-state index is 12.7. The SMILES string of the molecule is Cc1cc(C(=O)N2CCN(C)C(=O)C2(C)C)ccc1Br. The number of aryl methyl sites for hydroxylation is 1. The third kappa shape index (κ3) is 2.46. The van der Waals surface area contributed by atoms with Crippen LogP contribution in [0, 0.1) is 6.92 Å². The summed E-state index contributed by atoms with van der Waals surface area (Å²) in [7, 11) is 1.77. The molecule has 1 saturated heterocycles. The molecule has 1 aliphatic rings. The maximum absolute atomic E-state index is 12.7. The smallest absolute Gasteiger partial charge is 0.254 e. The summed E-state index contributed by atoms with van der Waals surface area (Å²) in [4.78, 5) is 28.3. The van der Waals surface area contributed by atoms with Crippen LogP contribution in [0.5, 0.6) is 0 Å². The van der Waals surface area contributed by atoms with Crippen molar-refractivity contribution in [2.75, 3.05) is 20.1 Å².